The SMILES string of the molecule is Cn1cc(Sc2ccc(N)cc2C(=O)O)cn1. The summed E-state index contributed by atoms with van der Waals surface area (Å²) < 4.78 is 1.67. The summed E-state index contributed by atoms with van der Waals surface area (Å²) in [7, 11) is 1.81. The molecule has 0 amide bonds. The third-order valence-corrected chi connectivity index (χ3v) is 3.17. The van der Waals surface area contributed by atoms with Gasteiger partial charge in [-0.15, -0.1) is 0 Å². The summed E-state index contributed by atoms with van der Waals surface area (Å²) in [4.78, 5) is 12.6. The summed E-state index contributed by atoms with van der Waals surface area (Å²) >= 11 is 1.35. The first-order valence-electron chi connectivity index (χ1n) is 4.85. The smallest absolute Gasteiger partial charge is 0.336 e. The number of hydrogen-bond donors (Lipinski definition) is 2. The molecule has 3 N–H and O–H groups in total. The molecule has 0 saturated heterocycles. The van der Waals surface area contributed by atoms with Gasteiger partial charge in [-0.2, -0.15) is 5.10 Å². The van der Waals surface area contributed by atoms with Crippen molar-refractivity contribution in [1.29, 1.82) is 0 Å². The topological polar surface area (TPSA) is 81.1 Å². The van der Waals surface area contributed by atoms with Crippen molar-refractivity contribution >= 4 is 23.4 Å². The number of aryl methyl sites for hydroxylation is 1. The van der Waals surface area contributed by atoms with Gasteiger partial charge in [0.1, 0.15) is 0 Å². The van der Waals surface area contributed by atoms with E-state index in [0.29, 0.717) is 10.6 Å². The molecule has 0 spiro atoms. The minimum atomic E-state index is -0.983. The Balaban J connectivity index is 2.35. The fourth-order valence-corrected chi connectivity index (χ4v) is 2.33. The van der Waals surface area contributed by atoms with E-state index in [0.717, 1.165) is 4.90 Å². The molecule has 0 aliphatic heterocycles. The van der Waals surface area contributed by atoms with Crippen LogP contribution in [0.5, 0.6) is 0 Å². The Bertz CT molecular complexity index is 566. The normalized spacial score (nSPS) is 10.4. The highest BCUT2D eigenvalue weighted by atomic mass is 32.2. The van der Waals surface area contributed by atoms with E-state index in [2.05, 4.69) is 5.10 Å². The molecule has 0 radical (unpaired) electrons. The number of benzene rings is 1. The Morgan fingerprint density at radius 3 is 2.88 bits per heavy atom. The average Bonchev–Trinajstić information content (AvgIpc) is 2.66. The van der Waals surface area contributed by atoms with Crippen molar-refractivity contribution in [2.45, 2.75) is 9.79 Å². The monoisotopic (exact) mass is 249 g/mol. The van der Waals surface area contributed by atoms with Gasteiger partial charge in [0.15, 0.2) is 0 Å². The number of nitrogens with two attached hydrogens (primary N) is 1. The number of aromatic carboxylic acids is 1. The first-order valence-corrected chi connectivity index (χ1v) is 5.67. The van der Waals surface area contributed by atoms with Crippen LogP contribution in [0.1, 0.15) is 10.4 Å². The molecule has 2 aromatic rings. The highest BCUT2D eigenvalue weighted by Gasteiger charge is 2.12. The van der Waals surface area contributed by atoms with Crippen molar-refractivity contribution in [1.82, 2.24) is 9.78 Å². The molecule has 6 heteroatoms. The maximum atomic E-state index is 11.1. The molecule has 0 saturated carbocycles. The number of aromatic nitrogens is 2. The van der Waals surface area contributed by atoms with Gasteiger partial charge in [0.05, 0.1) is 16.7 Å². The zero-order valence-electron chi connectivity index (χ0n) is 9.12. The van der Waals surface area contributed by atoms with Gasteiger partial charge in [0, 0.05) is 23.8 Å². The highest BCUT2D eigenvalue weighted by molar-refractivity contribution is 7.99. The fraction of sp³-hybridized carbons (Fsp3) is 0.0909. The first kappa shape index (κ1) is 11.5. The van der Waals surface area contributed by atoms with Crippen LogP contribution in [0.2, 0.25) is 0 Å². The molecular formula is C11H11N3O2S. The van der Waals surface area contributed by atoms with Gasteiger partial charge in [-0.25, -0.2) is 4.79 Å². The molecule has 0 aliphatic rings. The lowest BCUT2D eigenvalue weighted by atomic mass is 10.2. The van der Waals surface area contributed by atoms with Crippen molar-refractivity contribution in [2.24, 2.45) is 7.05 Å². The van der Waals surface area contributed by atoms with Crippen LogP contribution in [0.25, 0.3) is 0 Å². The van der Waals surface area contributed by atoms with Gasteiger partial charge in [-0.05, 0) is 18.2 Å². The standard InChI is InChI=1S/C11H11N3O2S/c1-14-6-8(5-13-14)17-10-3-2-7(12)4-9(10)11(15)16/h2-6H,12H2,1H3,(H,15,16). The largest absolute Gasteiger partial charge is 0.478 e. The second-order valence-corrected chi connectivity index (χ2v) is 4.63. The molecule has 1 aromatic carbocycles. The van der Waals surface area contributed by atoms with E-state index in [4.69, 9.17) is 10.8 Å². The van der Waals surface area contributed by atoms with Gasteiger partial charge >= 0.3 is 5.97 Å². The summed E-state index contributed by atoms with van der Waals surface area (Å²) in [5.74, 6) is -0.983. The Labute approximate surface area is 102 Å². The van der Waals surface area contributed by atoms with Crippen LogP contribution in [0, 0.1) is 0 Å². The minimum absolute atomic E-state index is 0.207. The second kappa shape index (κ2) is 4.50. The number of carboxylic acids is 1. The van der Waals surface area contributed by atoms with Crippen molar-refractivity contribution in [3.8, 4) is 0 Å². The van der Waals surface area contributed by atoms with Crippen LogP contribution >= 0.6 is 11.8 Å². The molecule has 2 rings (SSSR count). The number of hydrogen-bond acceptors (Lipinski definition) is 4. The maximum absolute atomic E-state index is 11.1. The highest BCUT2D eigenvalue weighted by Crippen LogP contribution is 2.31. The number of carboxylic acid groups (broad SMARTS) is 1. The zero-order chi connectivity index (χ0) is 12.4. The van der Waals surface area contributed by atoms with Crippen molar-refractivity contribution < 1.29 is 9.90 Å². The molecule has 88 valence electrons. The van der Waals surface area contributed by atoms with E-state index >= 15 is 0 Å². The van der Waals surface area contributed by atoms with Crippen LogP contribution in [0.4, 0.5) is 5.69 Å². The van der Waals surface area contributed by atoms with E-state index in [1.54, 1.807) is 23.0 Å². The Hall–Kier alpha value is -1.95. The molecule has 1 aromatic heterocycles. The number of anilines is 1. The predicted octanol–water partition coefficient (Wildman–Crippen LogP) is 1.85. The Morgan fingerprint density at radius 2 is 2.29 bits per heavy atom. The summed E-state index contributed by atoms with van der Waals surface area (Å²) in [5, 5.41) is 13.1. The lowest BCUT2D eigenvalue weighted by molar-refractivity contribution is 0.0693. The quantitative estimate of drug-likeness (QED) is 0.811. The molecule has 0 aliphatic carbocycles. The maximum Gasteiger partial charge on any atom is 0.336 e. The van der Waals surface area contributed by atoms with E-state index in [1.807, 2.05) is 13.2 Å². The van der Waals surface area contributed by atoms with Crippen molar-refractivity contribution in [3.63, 3.8) is 0 Å². The summed E-state index contributed by atoms with van der Waals surface area (Å²) in [5.41, 5.74) is 6.22. The number of nitrogen functional groups attached to an aromatic ring is 1. The van der Waals surface area contributed by atoms with Gasteiger partial charge in [0.2, 0.25) is 0 Å². The van der Waals surface area contributed by atoms with Crippen LogP contribution < -0.4 is 5.73 Å². The van der Waals surface area contributed by atoms with E-state index < -0.39 is 5.97 Å². The summed E-state index contributed by atoms with van der Waals surface area (Å²) in [6.45, 7) is 0. The van der Waals surface area contributed by atoms with Crippen molar-refractivity contribution in [2.75, 3.05) is 5.73 Å². The average molecular weight is 249 g/mol. The zero-order valence-corrected chi connectivity index (χ0v) is 9.94. The van der Waals surface area contributed by atoms with Crippen LogP contribution in [0.3, 0.4) is 0 Å². The van der Waals surface area contributed by atoms with Crippen LogP contribution in [-0.2, 0) is 7.05 Å². The van der Waals surface area contributed by atoms with Gasteiger partial charge in [-0.3, -0.25) is 4.68 Å². The number of carbonyl (C=O) groups is 1. The van der Waals surface area contributed by atoms with E-state index in [1.165, 1.54) is 17.8 Å². The molecule has 0 fully saturated rings. The third kappa shape index (κ3) is 2.59. The lowest BCUT2D eigenvalue weighted by Crippen LogP contribution is -2.00. The van der Waals surface area contributed by atoms with Crippen LogP contribution in [-0.4, -0.2) is 20.9 Å². The number of rotatable bonds is 3. The molecule has 0 unspecified atom stereocenters. The predicted molar refractivity (Wildman–Crippen MR) is 65.1 cm³/mol. The first-order chi connectivity index (χ1) is 8.06. The van der Waals surface area contributed by atoms with E-state index in [9.17, 15) is 4.79 Å². The molecule has 17 heavy (non-hydrogen) atoms. The summed E-state index contributed by atoms with van der Waals surface area (Å²) in [6, 6.07) is 4.85. The molecule has 1 heterocycles. The third-order valence-electron chi connectivity index (χ3n) is 2.14. The van der Waals surface area contributed by atoms with Gasteiger partial charge < -0.3 is 10.8 Å². The fourth-order valence-electron chi connectivity index (χ4n) is 1.38. The van der Waals surface area contributed by atoms with E-state index in [-0.39, 0.29) is 5.56 Å². The van der Waals surface area contributed by atoms with Crippen molar-refractivity contribution in [3.05, 3.63) is 36.2 Å². The number of nitrogens with zero attached hydrogens (tertiary/aromatic N) is 2. The Morgan fingerprint density at radius 1 is 1.53 bits per heavy atom. The second-order valence-electron chi connectivity index (χ2n) is 3.51. The molecule has 5 nitrogen and oxygen atoms in total. The van der Waals surface area contributed by atoms with Gasteiger partial charge in [0.25, 0.3) is 0 Å². The van der Waals surface area contributed by atoms with Crippen LogP contribution in [0.15, 0.2) is 40.4 Å². The molecule has 0 bridgehead atoms. The Kier molecular flexibility index (Phi) is 3.06. The molecule has 0 atom stereocenters. The minimum Gasteiger partial charge on any atom is -0.478 e. The lowest BCUT2D eigenvalue weighted by Gasteiger charge is -2.04. The summed E-state index contributed by atoms with van der Waals surface area (Å²) in [6.07, 6.45) is 3.51. The van der Waals surface area contributed by atoms with Gasteiger partial charge in [-0.1, -0.05) is 11.8 Å². The molecular weight excluding hydrogens is 238 g/mol.